The summed E-state index contributed by atoms with van der Waals surface area (Å²) in [7, 11) is 8.11. The first-order chi connectivity index (χ1) is 16.2. The predicted molar refractivity (Wildman–Crippen MR) is 143 cm³/mol. The Kier molecular flexibility index (Phi) is 8.80. The average molecular weight is 457 g/mol. The van der Waals surface area contributed by atoms with E-state index in [2.05, 4.69) is 54.0 Å². The van der Waals surface area contributed by atoms with Gasteiger partial charge in [-0.25, -0.2) is 0 Å². The first-order valence-corrected chi connectivity index (χ1v) is 11.7. The highest BCUT2D eigenvalue weighted by atomic mass is 16.5. The molecule has 0 aromatic heterocycles. The Hall–Kier alpha value is -3.21. The molecule has 0 unspecified atom stereocenters. The van der Waals surface area contributed by atoms with Crippen molar-refractivity contribution >= 4 is 11.9 Å². The minimum absolute atomic E-state index is 0.0657. The summed E-state index contributed by atoms with van der Waals surface area (Å²) in [5.41, 5.74) is 7.31. The smallest absolute Gasteiger partial charge is 0.189 e. The number of ketones is 1. The Morgan fingerprint density at radius 1 is 0.853 bits per heavy atom. The summed E-state index contributed by atoms with van der Waals surface area (Å²) in [5, 5.41) is 0. The van der Waals surface area contributed by atoms with E-state index in [1.807, 2.05) is 64.6 Å². The quantitative estimate of drug-likeness (QED) is 0.282. The zero-order chi connectivity index (χ0) is 24.7. The number of ether oxygens (including phenoxy) is 1. The van der Waals surface area contributed by atoms with Gasteiger partial charge in [0.1, 0.15) is 12.4 Å². The van der Waals surface area contributed by atoms with Gasteiger partial charge in [-0.15, -0.1) is 0 Å². The van der Waals surface area contributed by atoms with Crippen LogP contribution in [0.25, 0.3) is 17.2 Å². The van der Waals surface area contributed by atoms with Crippen molar-refractivity contribution in [3.8, 4) is 16.9 Å². The largest absolute Gasteiger partial charge is 0.491 e. The summed E-state index contributed by atoms with van der Waals surface area (Å²) in [4.78, 5) is 17.5. The SMILES string of the molecule is Cc1cc(C)cc(-c2ccc(OCCN(C)C)c(C(=O)C=Cc3cccc(CN(C)C)c3)c2)c1. The number of aryl methyl sites for hydroxylation is 2. The fourth-order valence-electron chi connectivity index (χ4n) is 3.93. The van der Waals surface area contributed by atoms with E-state index in [-0.39, 0.29) is 5.78 Å². The molecular formula is C30H36N2O2. The molecule has 178 valence electrons. The number of hydrogen-bond acceptors (Lipinski definition) is 4. The van der Waals surface area contributed by atoms with Crippen molar-refractivity contribution in [2.45, 2.75) is 20.4 Å². The minimum atomic E-state index is -0.0657. The van der Waals surface area contributed by atoms with Crippen LogP contribution >= 0.6 is 0 Å². The molecule has 0 atom stereocenters. The van der Waals surface area contributed by atoms with Crippen molar-refractivity contribution in [1.29, 1.82) is 0 Å². The lowest BCUT2D eigenvalue weighted by Gasteiger charge is -2.15. The molecule has 0 amide bonds. The van der Waals surface area contributed by atoms with E-state index in [1.54, 1.807) is 6.08 Å². The number of carbonyl (C=O) groups is 1. The third-order valence-corrected chi connectivity index (χ3v) is 5.47. The molecule has 0 heterocycles. The summed E-state index contributed by atoms with van der Waals surface area (Å²) >= 11 is 0. The zero-order valence-corrected chi connectivity index (χ0v) is 21.3. The van der Waals surface area contributed by atoms with Gasteiger partial charge in [-0.2, -0.15) is 0 Å². The lowest BCUT2D eigenvalue weighted by molar-refractivity contribution is 0.104. The second-order valence-electron chi connectivity index (χ2n) is 9.42. The van der Waals surface area contributed by atoms with E-state index in [1.165, 1.54) is 16.7 Å². The minimum Gasteiger partial charge on any atom is -0.491 e. The molecule has 3 aromatic rings. The van der Waals surface area contributed by atoms with Crippen LogP contribution in [0.2, 0.25) is 0 Å². The fraction of sp³-hybridized carbons (Fsp3) is 0.300. The number of carbonyl (C=O) groups excluding carboxylic acids is 1. The first kappa shape index (κ1) is 25.4. The maximum absolute atomic E-state index is 13.3. The first-order valence-electron chi connectivity index (χ1n) is 11.7. The van der Waals surface area contributed by atoms with Crippen LogP contribution in [0.5, 0.6) is 5.75 Å². The van der Waals surface area contributed by atoms with Crippen LogP contribution in [-0.2, 0) is 6.54 Å². The number of rotatable bonds is 10. The molecule has 4 nitrogen and oxygen atoms in total. The van der Waals surface area contributed by atoms with E-state index in [0.717, 1.165) is 29.8 Å². The second kappa shape index (κ2) is 11.8. The summed E-state index contributed by atoms with van der Waals surface area (Å²) in [6, 6.07) is 20.6. The van der Waals surface area contributed by atoms with Gasteiger partial charge in [0, 0.05) is 13.1 Å². The molecule has 0 radical (unpaired) electrons. The molecule has 0 saturated carbocycles. The van der Waals surface area contributed by atoms with Crippen molar-refractivity contribution in [2.24, 2.45) is 0 Å². The Morgan fingerprint density at radius 2 is 1.59 bits per heavy atom. The van der Waals surface area contributed by atoms with E-state index >= 15 is 0 Å². The van der Waals surface area contributed by atoms with Crippen molar-refractivity contribution in [3.63, 3.8) is 0 Å². The number of hydrogen-bond donors (Lipinski definition) is 0. The Balaban J connectivity index is 1.92. The average Bonchev–Trinajstić information content (AvgIpc) is 2.76. The number of nitrogens with zero attached hydrogens (tertiary/aromatic N) is 2. The van der Waals surface area contributed by atoms with E-state index < -0.39 is 0 Å². The monoisotopic (exact) mass is 456 g/mol. The second-order valence-corrected chi connectivity index (χ2v) is 9.42. The van der Waals surface area contributed by atoms with Gasteiger partial charge in [-0.3, -0.25) is 4.79 Å². The topological polar surface area (TPSA) is 32.8 Å². The molecule has 0 aliphatic carbocycles. The van der Waals surface area contributed by atoms with E-state index in [9.17, 15) is 4.79 Å². The molecule has 0 aliphatic rings. The molecule has 0 spiro atoms. The van der Waals surface area contributed by atoms with Crippen molar-refractivity contribution < 1.29 is 9.53 Å². The van der Waals surface area contributed by atoms with Crippen molar-refractivity contribution in [2.75, 3.05) is 41.3 Å². The van der Waals surface area contributed by atoms with Crippen LogP contribution < -0.4 is 4.74 Å². The summed E-state index contributed by atoms with van der Waals surface area (Å²) < 4.78 is 6.02. The van der Waals surface area contributed by atoms with Crippen LogP contribution in [-0.4, -0.2) is 56.9 Å². The van der Waals surface area contributed by atoms with Gasteiger partial charge in [-0.05, 0) is 82.5 Å². The normalized spacial score (nSPS) is 11.5. The van der Waals surface area contributed by atoms with Gasteiger partial charge < -0.3 is 14.5 Å². The van der Waals surface area contributed by atoms with Crippen molar-refractivity contribution in [3.05, 3.63) is 94.6 Å². The van der Waals surface area contributed by atoms with Gasteiger partial charge in [0.05, 0.1) is 5.56 Å². The van der Waals surface area contributed by atoms with Gasteiger partial charge in [-0.1, -0.05) is 65.7 Å². The van der Waals surface area contributed by atoms with Crippen LogP contribution in [0.15, 0.2) is 66.7 Å². The molecule has 3 aromatic carbocycles. The maximum Gasteiger partial charge on any atom is 0.189 e. The van der Waals surface area contributed by atoms with Gasteiger partial charge in [0.25, 0.3) is 0 Å². The predicted octanol–water partition coefficient (Wildman–Crippen LogP) is 5.87. The van der Waals surface area contributed by atoms with Crippen molar-refractivity contribution in [1.82, 2.24) is 9.80 Å². The number of benzene rings is 3. The summed E-state index contributed by atoms with van der Waals surface area (Å²) in [6.45, 7) is 6.34. The van der Waals surface area contributed by atoms with Crippen LogP contribution in [0, 0.1) is 13.8 Å². The lowest BCUT2D eigenvalue weighted by Crippen LogP contribution is -2.20. The molecule has 0 saturated heterocycles. The molecular weight excluding hydrogens is 420 g/mol. The van der Waals surface area contributed by atoms with E-state index in [4.69, 9.17) is 4.74 Å². The number of likely N-dealkylation sites (N-methyl/N-ethyl adjacent to an activating group) is 1. The summed E-state index contributed by atoms with van der Waals surface area (Å²) in [5.74, 6) is 0.551. The van der Waals surface area contributed by atoms with Crippen LogP contribution in [0.3, 0.4) is 0 Å². The highest BCUT2D eigenvalue weighted by Gasteiger charge is 2.13. The Bertz CT molecular complexity index is 1140. The zero-order valence-electron chi connectivity index (χ0n) is 21.3. The highest BCUT2D eigenvalue weighted by Crippen LogP contribution is 2.29. The molecule has 0 fully saturated rings. The lowest BCUT2D eigenvalue weighted by atomic mass is 9.97. The standard InChI is InChI=1S/C30H36N2O2/c1-22-16-23(2)18-27(17-22)26-11-13-30(34-15-14-31(3)4)28(20-26)29(33)12-10-24-8-7-9-25(19-24)21-32(5)6/h7-13,16-20H,14-15,21H2,1-6H3. The van der Waals surface area contributed by atoms with Gasteiger partial charge in [0.2, 0.25) is 0 Å². The third kappa shape index (κ3) is 7.41. The molecule has 0 aliphatic heterocycles. The maximum atomic E-state index is 13.3. The van der Waals surface area contributed by atoms with Crippen LogP contribution in [0.4, 0.5) is 0 Å². The molecule has 0 bridgehead atoms. The van der Waals surface area contributed by atoms with Gasteiger partial charge >= 0.3 is 0 Å². The molecule has 34 heavy (non-hydrogen) atoms. The van der Waals surface area contributed by atoms with Gasteiger partial charge in [0.15, 0.2) is 5.78 Å². The molecule has 0 N–H and O–H groups in total. The highest BCUT2D eigenvalue weighted by molar-refractivity contribution is 6.09. The molecule has 4 heteroatoms. The molecule has 3 rings (SSSR count). The van der Waals surface area contributed by atoms with E-state index in [0.29, 0.717) is 17.9 Å². The Labute approximate surface area is 204 Å². The fourth-order valence-corrected chi connectivity index (χ4v) is 3.93. The summed E-state index contributed by atoms with van der Waals surface area (Å²) in [6.07, 6.45) is 3.53. The Morgan fingerprint density at radius 3 is 2.26 bits per heavy atom. The number of allylic oxidation sites excluding steroid dienone is 1. The van der Waals surface area contributed by atoms with Crippen LogP contribution in [0.1, 0.15) is 32.6 Å². The third-order valence-electron chi connectivity index (χ3n) is 5.47.